The molecule has 0 atom stereocenters. The summed E-state index contributed by atoms with van der Waals surface area (Å²) in [4.78, 5) is 15.5. The van der Waals surface area contributed by atoms with Crippen LogP contribution in [0.15, 0.2) is 12.1 Å². The van der Waals surface area contributed by atoms with Crippen molar-refractivity contribution in [3.8, 4) is 11.5 Å². The zero-order chi connectivity index (χ0) is 17.2. The normalized spacial score (nSPS) is 11.1. The molecule has 0 aliphatic heterocycles. The van der Waals surface area contributed by atoms with Crippen molar-refractivity contribution in [2.75, 3.05) is 55.0 Å². The molecule has 1 rings (SSSR count). The van der Waals surface area contributed by atoms with Crippen LogP contribution in [-0.4, -0.2) is 71.1 Å². The number of rotatable bonds is 11. The minimum atomic E-state index is 0.403. The Labute approximate surface area is 140 Å². The summed E-state index contributed by atoms with van der Waals surface area (Å²) in [6.07, 6.45) is 3.38. The number of hydrogen-bond acceptors (Lipinski definition) is 5. The van der Waals surface area contributed by atoms with Crippen LogP contribution in [-0.2, 0) is 17.6 Å². The van der Waals surface area contributed by atoms with E-state index in [-0.39, 0.29) is 0 Å². The van der Waals surface area contributed by atoms with Gasteiger partial charge in [0.2, 0.25) is 0 Å². The Bertz CT molecular complexity index is 489. The van der Waals surface area contributed by atoms with E-state index in [0.717, 1.165) is 49.9 Å². The highest BCUT2D eigenvalue weighted by molar-refractivity contribution is 5.59. The van der Waals surface area contributed by atoms with Crippen molar-refractivity contribution in [2.45, 2.75) is 19.3 Å². The molecule has 0 saturated carbocycles. The lowest BCUT2D eigenvalue weighted by Crippen LogP contribution is -2.25. The van der Waals surface area contributed by atoms with E-state index >= 15 is 0 Å². The summed E-state index contributed by atoms with van der Waals surface area (Å²) in [6.45, 7) is 3.11. The Morgan fingerprint density at radius 2 is 1.57 bits per heavy atom. The van der Waals surface area contributed by atoms with Gasteiger partial charge in [-0.3, -0.25) is 0 Å². The van der Waals surface area contributed by atoms with E-state index in [1.807, 2.05) is 12.1 Å². The van der Waals surface area contributed by atoms with E-state index in [0.29, 0.717) is 17.9 Å². The monoisotopic (exact) mass is 322 g/mol. The Morgan fingerprint density at radius 3 is 2.09 bits per heavy atom. The average molecular weight is 322 g/mol. The van der Waals surface area contributed by atoms with E-state index in [1.165, 1.54) is 0 Å². The van der Waals surface area contributed by atoms with Crippen molar-refractivity contribution in [1.82, 2.24) is 9.80 Å². The summed E-state index contributed by atoms with van der Waals surface area (Å²) in [7, 11) is 9.57. The zero-order valence-corrected chi connectivity index (χ0v) is 15.1. The van der Waals surface area contributed by atoms with Crippen molar-refractivity contribution in [1.29, 1.82) is 0 Å². The fourth-order valence-electron chi connectivity index (χ4n) is 2.56. The minimum Gasteiger partial charge on any atom is -0.493 e. The molecule has 0 N–H and O–H groups in total. The van der Waals surface area contributed by atoms with Crippen LogP contribution in [0.1, 0.15) is 17.5 Å². The fraction of sp³-hybridized carbons (Fsp3) is 0.611. The molecule has 0 heterocycles. The van der Waals surface area contributed by atoms with Gasteiger partial charge in [-0.05, 0) is 70.3 Å². The van der Waals surface area contributed by atoms with Gasteiger partial charge in [-0.25, -0.2) is 0 Å². The molecule has 0 aromatic heterocycles. The van der Waals surface area contributed by atoms with Crippen LogP contribution in [0.5, 0.6) is 11.5 Å². The molecule has 130 valence electrons. The number of methoxy groups -OCH3 is 2. The Hall–Kier alpha value is -1.59. The van der Waals surface area contributed by atoms with Crippen LogP contribution in [0.3, 0.4) is 0 Å². The largest absolute Gasteiger partial charge is 0.493 e. The van der Waals surface area contributed by atoms with Gasteiger partial charge in [-0.15, -0.1) is 0 Å². The molecule has 1 aromatic carbocycles. The van der Waals surface area contributed by atoms with Gasteiger partial charge in [0.15, 0.2) is 11.5 Å². The zero-order valence-electron chi connectivity index (χ0n) is 15.1. The number of nitrogens with zero attached hydrogens (tertiary/aromatic N) is 2. The summed E-state index contributed by atoms with van der Waals surface area (Å²) < 4.78 is 10.7. The maximum Gasteiger partial charge on any atom is 0.161 e. The minimum absolute atomic E-state index is 0.403. The van der Waals surface area contributed by atoms with E-state index in [4.69, 9.17) is 9.47 Å². The molecule has 1 aromatic rings. The molecular formula is C18H30N2O3. The lowest BCUT2D eigenvalue weighted by Gasteiger charge is -2.19. The standard InChI is InChI=1S/C18H30N2O3/c1-19(2)9-6-10-20(3)11-7-15-13-17(22-4)18(23-5)14-16(15)8-12-21/h12-14H,6-11H2,1-5H3. The van der Waals surface area contributed by atoms with Crippen molar-refractivity contribution < 1.29 is 14.3 Å². The number of aldehydes is 1. The third kappa shape index (κ3) is 6.59. The predicted octanol–water partition coefficient (Wildman–Crippen LogP) is 1.87. The summed E-state index contributed by atoms with van der Waals surface area (Å²) in [5, 5.41) is 0. The summed E-state index contributed by atoms with van der Waals surface area (Å²) >= 11 is 0. The molecule has 0 fully saturated rings. The quantitative estimate of drug-likeness (QED) is 0.582. The summed E-state index contributed by atoms with van der Waals surface area (Å²) in [5.74, 6) is 1.39. The maximum atomic E-state index is 10.9. The van der Waals surface area contributed by atoms with Gasteiger partial charge in [0.1, 0.15) is 6.29 Å². The first-order chi connectivity index (χ1) is 11.0. The maximum absolute atomic E-state index is 10.9. The molecular weight excluding hydrogens is 292 g/mol. The van der Waals surface area contributed by atoms with E-state index in [2.05, 4.69) is 30.9 Å². The van der Waals surface area contributed by atoms with Crippen molar-refractivity contribution in [3.63, 3.8) is 0 Å². The Morgan fingerprint density at radius 1 is 0.957 bits per heavy atom. The molecule has 0 unspecified atom stereocenters. The number of carbonyl (C=O) groups excluding carboxylic acids is 1. The molecule has 0 aliphatic carbocycles. The summed E-state index contributed by atoms with van der Waals surface area (Å²) in [6, 6.07) is 3.90. The SMILES string of the molecule is COc1cc(CC=O)c(CCN(C)CCCN(C)C)cc1OC. The first kappa shape index (κ1) is 19.5. The van der Waals surface area contributed by atoms with E-state index in [1.54, 1.807) is 14.2 Å². The fourth-order valence-corrected chi connectivity index (χ4v) is 2.56. The van der Waals surface area contributed by atoms with Gasteiger partial charge in [0.05, 0.1) is 14.2 Å². The Kier molecular flexibility index (Phi) is 8.66. The lowest BCUT2D eigenvalue weighted by molar-refractivity contribution is -0.107. The molecule has 0 bridgehead atoms. The van der Waals surface area contributed by atoms with Gasteiger partial charge < -0.3 is 24.1 Å². The predicted molar refractivity (Wildman–Crippen MR) is 93.7 cm³/mol. The number of hydrogen-bond donors (Lipinski definition) is 0. The van der Waals surface area contributed by atoms with Gasteiger partial charge in [0.25, 0.3) is 0 Å². The van der Waals surface area contributed by atoms with Gasteiger partial charge in [0, 0.05) is 13.0 Å². The Balaban J connectivity index is 2.71. The molecule has 0 aliphatic rings. The highest BCUT2D eigenvalue weighted by atomic mass is 16.5. The number of ether oxygens (including phenoxy) is 2. The second-order valence-corrected chi connectivity index (χ2v) is 6.06. The molecule has 5 nitrogen and oxygen atoms in total. The first-order valence-electron chi connectivity index (χ1n) is 8.02. The topological polar surface area (TPSA) is 42.0 Å². The molecule has 23 heavy (non-hydrogen) atoms. The highest BCUT2D eigenvalue weighted by Crippen LogP contribution is 2.31. The molecule has 0 saturated heterocycles. The van der Waals surface area contributed by atoms with Crippen LogP contribution in [0.2, 0.25) is 0 Å². The van der Waals surface area contributed by atoms with Crippen molar-refractivity contribution in [3.05, 3.63) is 23.3 Å². The summed E-state index contributed by atoms with van der Waals surface area (Å²) in [5.41, 5.74) is 2.16. The van der Waals surface area contributed by atoms with E-state index < -0.39 is 0 Å². The molecule has 0 amide bonds. The van der Waals surface area contributed by atoms with Gasteiger partial charge in [-0.1, -0.05) is 0 Å². The number of benzene rings is 1. The van der Waals surface area contributed by atoms with Crippen LogP contribution >= 0.6 is 0 Å². The van der Waals surface area contributed by atoms with Crippen molar-refractivity contribution in [2.24, 2.45) is 0 Å². The van der Waals surface area contributed by atoms with E-state index in [9.17, 15) is 4.79 Å². The van der Waals surface area contributed by atoms with Gasteiger partial charge >= 0.3 is 0 Å². The number of carbonyl (C=O) groups is 1. The lowest BCUT2D eigenvalue weighted by atomic mass is 10.0. The smallest absolute Gasteiger partial charge is 0.161 e. The molecule has 5 heteroatoms. The van der Waals surface area contributed by atoms with Crippen molar-refractivity contribution >= 4 is 6.29 Å². The van der Waals surface area contributed by atoms with Crippen LogP contribution in [0.4, 0.5) is 0 Å². The number of likely N-dealkylation sites (N-methyl/N-ethyl adjacent to an activating group) is 1. The first-order valence-corrected chi connectivity index (χ1v) is 8.02. The molecule has 0 spiro atoms. The second-order valence-electron chi connectivity index (χ2n) is 6.06. The average Bonchev–Trinajstić information content (AvgIpc) is 2.53. The molecule has 0 radical (unpaired) electrons. The third-order valence-corrected chi connectivity index (χ3v) is 3.92. The highest BCUT2D eigenvalue weighted by Gasteiger charge is 2.11. The van der Waals surface area contributed by atoms with Crippen LogP contribution < -0.4 is 9.47 Å². The van der Waals surface area contributed by atoms with Crippen LogP contribution in [0.25, 0.3) is 0 Å². The second kappa shape index (κ2) is 10.2. The van der Waals surface area contributed by atoms with Crippen LogP contribution in [0, 0.1) is 0 Å². The van der Waals surface area contributed by atoms with Gasteiger partial charge in [-0.2, -0.15) is 0 Å². The third-order valence-electron chi connectivity index (χ3n) is 3.92.